The molecular weight excluding hydrogens is 212 g/mol. The zero-order chi connectivity index (χ0) is 12.7. The topological polar surface area (TPSA) is 33.3 Å². The molecule has 0 saturated carbocycles. The number of nitrogens with one attached hydrogen (secondary N) is 2. The monoisotopic (exact) mass is 242 g/mol. The molecule has 0 bridgehead atoms. The molecule has 2 N–H and O–H groups in total. The van der Waals surface area contributed by atoms with E-state index >= 15 is 0 Å². The Bertz CT molecular complexity index is 175. The largest absolute Gasteiger partial charge is 0.372 e. The molecule has 0 radical (unpaired) electrons. The molecule has 2 atom stereocenters. The van der Waals surface area contributed by atoms with Crippen LogP contribution in [0, 0.1) is 11.8 Å². The SMILES string of the molecule is CC(C)CNCC1CCC(CNCC(C)C)O1. The highest BCUT2D eigenvalue weighted by molar-refractivity contribution is 4.77. The van der Waals surface area contributed by atoms with Crippen LogP contribution >= 0.6 is 0 Å². The fraction of sp³-hybridized carbons (Fsp3) is 1.00. The molecular formula is C14H30N2O. The van der Waals surface area contributed by atoms with E-state index in [1.54, 1.807) is 0 Å². The van der Waals surface area contributed by atoms with Gasteiger partial charge in [0.2, 0.25) is 0 Å². The molecule has 0 spiro atoms. The van der Waals surface area contributed by atoms with Gasteiger partial charge in [-0.05, 0) is 37.8 Å². The van der Waals surface area contributed by atoms with Crippen molar-refractivity contribution < 1.29 is 4.74 Å². The first-order chi connectivity index (χ1) is 8.08. The first-order valence-electron chi connectivity index (χ1n) is 7.14. The maximum absolute atomic E-state index is 6.00. The van der Waals surface area contributed by atoms with Crippen molar-refractivity contribution in [1.29, 1.82) is 0 Å². The van der Waals surface area contributed by atoms with Gasteiger partial charge in [0.25, 0.3) is 0 Å². The lowest BCUT2D eigenvalue weighted by atomic mass is 10.1. The Morgan fingerprint density at radius 1 is 0.882 bits per heavy atom. The second kappa shape index (κ2) is 8.06. The molecule has 3 heteroatoms. The summed E-state index contributed by atoms with van der Waals surface area (Å²) < 4.78 is 6.00. The maximum atomic E-state index is 6.00. The lowest BCUT2D eigenvalue weighted by Crippen LogP contribution is -2.33. The van der Waals surface area contributed by atoms with Crippen molar-refractivity contribution in [1.82, 2.24) is 10.6 Å². The van der Waals surface area contributed by atoms with Crippen LogP contribution in [-0.4, -0.2) is 38.4 Å². The molecule has 0 aliphatic carbocycles. The highest BCUT2D eigenvalue weighted by atomic mass is 16.5. The Balaban J connectivity index is 2.02. The molecule has 0 aromatic carbocycles. The zero-order valence-corrected chi connectivity index (χ0v) is 12.0. The van der Waals surface area contributed by atoms with Crippen molar-refractivity contribution in [3.63, 3.8) is 0 Å². The van der Waals surface area contributed by atoms with E-state index in [4.69, 9.17) is 4.74 Å². The van der Waals surface area contributed by atoms with Crippen LogP contribution in [0.1, 0.15) is 40.5 Å². The summed E-state index contributed by atoms with van der Waals surface area (Å²) in [5.74, 6) is 1.44. The summed E-state index contributed by atoms with van der Waals surface area (Å²) in [4.78, 5) is 0. The van der Waals surface area contributed by atoms with Crippen LogP contribution in [0.3, 0.4) is 0 Å². The summed E-state index contributed by atoms with van der Waals surface area (Å²) in [6.45, 7) is 13.2. The molecule has 1 aliphatic rings. The van der Waals surface area contributed by atoms with E-state index in [1.165, 1.54) is 12.8 Å². The Morgan fingerprint density at radius 3 is 1.65 bits per heavy atom. The number of rotatable bonds is 8. The van der Waals surface area contributed by atoms with E-state index in [-0.39, 0.29) is 0 Å². The molecule has 0 aromatic heterocycles. The summed E-state index contributed by atoms with van der Waals surface area (Å²) in [7, 11) is 0. The van der Waals surface area contributed by atoms with Crippen LogP contribution in [0.25, 0.3) is 0 Å². The van der Waals surface area contributed by atoms with Gasteiger partial charge in [-0.1, -0.05) is 27.7 Å². The number of ether oxygens (including phenoxy) is 1. The molecule has 0 aromatic rings. The van der Waals surface area contributed by atoms with Crippen molar-refractivity contribution in [3.8, 4) is 0 Å². The smallest absolute Gasteiger partial charge is 0.0704 e. The standard InChI is InChI=1S/C14H30N2O/c1-11(2)7-15-9-13-5-6-14(17-13)10-16-8-12(3)4/h11-16H,5-10H2,1-4H3. The fourth-order valence-electron chi connectivity index (χ4n) is 2.15. The van der Waals surface area contributed by atoms with Gasteiger partial charge in [-0.15, -0.1) is 0 Å². The second-order valence-electron chi connectivity index (χ2n) is 6.06. The second-order valence-corrected chi connectivity index (χ2v) is 6.06. The van der Waals surface area contributed by atoms with E-state index in [1.807, 2.05) is 0 Å². The third-order valence-electron chi connectivity index (χ3n) is 3.04. The van der Waals surface area contributed by atoms with Crippen molar-refractivity contribution in [2.24, 2.45) is 11.8 Å². The predicted octanol–water partition coefficient (Wildman–Crippen LogP) is 2.03. The summed E-state index contributed by atoms with van der Waals surface area (Å²) >= 11 is 0. The van der Waals surface area contributed by atoms with Crippen molar-refractivity contribution >= 4 is 0 Å². The van der Waals surface area contributed by atoms with Gasteiger partial charge in [0.05, 0.1) is 12.2 Å². The minimum absolute atomic E-state index is 0.430. The molecule has 17 heavy (non-hydrogen) atoms. The molecule has 102 valence electrons. The predicted molar refractivity (Wildman–Crippen MR) is 73.3 cm³/mol. The fourth-order valence-corrected chi connectivity index (χ4v) is 2.15. The third kappa shape index (κ3) is 7.02. The normalized spacial score (nSPS) is 25.1. The molecule has 1 rings (SSSR count). The Morgan fingerprint density at radius 2 is 1.29 bits per heavy atom. The highest BCUT2D eigenvalue weighted by Crippen LogP contribution is 2.18. The molecule has 0 amide bonds. The van der Waals surface area contributed by atoms with Gasteiger partial charge in [-0.3, -0.25) is 0 Å². The van der Waals surface area contributed by atoms with Gasteiger partial charge in [0.15, 0.2) is 0 Å². The first-order valence-corrected chi connectivity index (χ1v) is 7.14. The van der Waals surface area contributed by atoms with Crippen LogP contribution in [0.5, 0.6) is 0 Å². The Labute approximate surface area is 107 Å². The van der Waals surface area contributed by atoms with Crippen LogP contribution in [-0.2, 0) is 4.74 Å². The molecule has 1 fully saturated rings. The average molecular weight is 242 g/mol. The van der Waals surface area contributed by atoms with Gasteiger partial charge in [-0.2, -0.15) is 0 Å². The average Bonchev–Trinajstić information content (AvgIpc) is 2.65. The Kier molecular flexibility index (Phi) is 7.09. The minimum Gasteiger partial charge on any atom is -0.372 e. The lowest BCUT2D eigenvalue weighted by molar-refractivity contribution is 0.0452. The molecule has 3 nitrogen and oxygen atoms in total. The molecule has 1 heterocycles. The number of hydrogen-bond acceptors (Lipinski definition) is 3. The van der Waals surface area contributed by atoms with Crippen LogP contribution in [0.4, 0.5) is 0 Å². The highest BCUT2D eigenvalue weighted by Gasteiger charge is 2.24. The van der Waals surface area contributed by atoms with Gasteiger partial charge >= 0.3 is 0 Å². The number of hydrogen-bond donors (Lipinski definition) is 2. The van der Waals surface area contributed by atoms with Gasteiger partial charge in [0.1, 0.15) is 0 Å². The van der Waals surface area contributed by atoms with Crippen LogP contribution in [0.2, 0.25) is 0 Å². The first kappa shape index (κ1) is 14.9. The lowest BCUT2D eigenvalue weighted by Gasteiger charge is -2.16. The van der Waals surface area contributed by atoms with Gasteiger partial charge < -0.3 is 15.4 Å². The summed E-state index contributed by atoms with van der Waals surface area (Å²) in [5.41, 5.74) is 0. The third-order valence-corrected chi connectivity index (χ3v) is 3.04. The summed E-state index contributed by atoms with van der Waals surface area (Å²) in [6.07, 6.45) is 3.28. The minimum atomic E-state index is 0.430. The van der Waals surface area contributed by atoms with Crippen molar-refractivity contribution in [3.05, 3.63) is 0 Å². The van der Waals surface area contributed by atoms with E-state index in [2.05, 4.69) is 38.3 Å². The van der Waals surface area contributed by atoms with E-state index in [9.17, 15) is 0 Å². The molecule has 1 saturated heterocycles. The zero-order valence-electron chi connectivity index (χ0n) is 12.0. The van der Waals surface area contributed by atoms with E-state index in [0.717, 1.165) is 38.0 Å². The van der Waals surface area contributed by atoms with Crippen molar-refractivity contribution in [2.45, 2.75) is 52.7 Å². The van der Waals surface area contributed by atoms with Crippen molar-refractivity contribution in [2.75, 3.05) is 26.2 Å². The molecule has 2 unspecified atom stereocenters. The quantitative estimate of drug-likeness (QED) is 0.683. The summed E-state index contributed by atoms with van der Waals surface area (Å²) in [5, 5.41) is 6.95. The van der Waals surface area contributed by atoms with Gasteiger partial charge in [0, 0.05) is 13.1 Å². The van der Waals surface area contributed by atoms with E-state index < -0.39 is 0 Å². The van der Waals surface area contributed by atoms with E-state index in [0.29, 0.717) is 12.2 Å². The summed E-state index contributed by atoms with van der Waals surface area (Å²) in [6, 6.07) is 0. The van der Waals surface area contributed by atoms with Gasteiger partial charge in [-0.25, -0.2) is 0 Å². The Hall–Kier alpha value is -0.120. The van der Waals surface area contributed by atoms with Crippen LogP contribution < -0.4 is 10.6 Å². The van der Waals surface area contributed by atoms with Crippen LogP contribution in [0.15, 0.2) is 0 Å². The maximum Gasteiger partial charge on any atom is 0.0704 e. The molecule has 1 aliphatic heterocycles.